The fourth-order valence-corrected chi connectivity index (χ4v) is 3.37. The first kappa shape index (κ1) is 25.7. The van der Waals surface area contributed by atoms with Crippen LogP contribution in [0.1, 0.15) is 20.8 Å². The number of alkyl halides is 3. The Morgan fingerprint density at radius 2 is 1.78 bits per heavy atom. The van der Waals surface area contributed by atoms with Gasteiger partial charge in [-0.15, -0.1) is 0 Å². The van der Waals surface area contributed by atoms with Crippen molar-refractivity contribution in [1.29, 1.82) is 0 Å². The second-order valence-electron chi connectivity index (χ2n) is 9.19. The summed E-state index contributed by atoms with van der Waals surface area (Å²) in [6.07, 6.45) is -2.92. The third kappa shape index (κ3) is 7.32. The largest absolute Gasteiger partial charge is 0.484 e. The number of halogens is 3. The van der Waals surface area contributed by atoms with Crippen molar-refractivity contribution >= 4 is 28.4 Å². The van der Waals surface area contributed by atoms with Gasteiger partial charge in [0, 0.05) is 22.6 Å². The molecule has 0 radical (unpaired) electrons. The van der Waals surface area contributed by atoms with Gasteiger partial charge in [-0.3, -0.25) is 9.89 Å². The Morgan fingerprint density at radius 3 is 2.49 bits per heavy atom. The number of anilines is 2. The number of amides is 1. The van der Waals surface area contributed by atoms with E-state index in [0.29, 0.717) is 39.7 Å². The van der Waals surface area contributed by atoms with Crippen LogP contribution < -0.4 is 20.1 Å². The van der Waals surface area contributed by atoms with Gasteiger partial charge in [0.05, 0.1) is 11.7 Å². The summed E-state index contributed by atoms with van der Waals surface area (Å²) in [5.74, 6) is 1.41. The monoisotopic (exact) mass is 514 g/mol. The predicted octanol–water partition coefficient (Wildman–Crippen LogP) is 5.00. The Kier molecular flexibility index (Phi) is 7.18. The fraction of sp³-hybridized carbons (Fsp3) is 0.280. The highest BCUT2D eigenvalue weighted by Gasteiger charge is 2.28. The van der Waals surface area contributed by atoms with E-state index in [-0.39, 0.29) is 23.8 Å². The van der Waals surface area contributed by atoms with Gasteiger partial charge in [-0.25, -0.2) is 9.97 Å². The van der Waals surface area contributed by atoms with Gasteiger partial charge in [0.15, 0.2) is 19.0 Å². The summed E-state index contributed by atoms with van der Waals surface area (Å²) >= 11 is 0. The number of ether oxygens (including phenoxy) is 2. The van der Waals surface area contributed by atoms with E-state index in [1.165, 1.54) is 12.1 Å². The zero-order valence-electron chi connectivity index (χ0n) is 20.3. The first-order valence-electron chi connectivity index (χ1n) is 11.3. The van der Waals surface area contributed by atoms with Crippen molar-refractivity contribution in [2.75, 3.05) is 18.5 Å². The van der Waals surface area contributed by atoms with Gasteiger partial charge >= 0.3 is 6.18 Å². The van der Waals surface area contributed by atoms with Crippen LogP contribution in [0.25, 0.3) is 22.3 Å². The highest BCUT2D eigenvalue weighted by atomic mass is 19.4. The second-order valence-corrected chi connectivity index (χ2v) is 9.19. The number of hydrogen-bond acceptors (Lipinski definition) is 7. The van der Waals surface area contributed by atoms with Crippen LogP contribution in [-0.2, 0) is 4.79 Å². The van der Waals surface area contributed by atoms with Gasteiger partial charge < -0.3 is 20.1 Å². The smallest absolute Gasteiger partial charge is 0.422 e. The first-order chi connectivity index (χ1) is 17.4. The molecule has 0 saturated heterocycles. The lowest BCUT2D eigenvalue weighted by atomic mass is 10.1. The molecule has 0 atom stereocenters. The Morgan fingerprint density at radius 1 is 1.00 bits per heavy atom. The van der Waals surface area contributed by atoms with Crippen LogP contribution in [0.2, 0.25) is 0 Å². The van der Waals surface area contributed by atoms with Gasteiger partial charge in [0.2, 0.25) is 0 Å². The van der Waals surface area contributed by atoms with Gasteiger partial charge in [-0.2, -0.15) is 18.3 Å². The maximum atomic E-state index is 12.6. The van der Waals surface area contributed by atoms with Crippen LogP contribution in [0.3, 0.4) is 0 Å². The minimum absolute atomic E-state index is 0.0257. The summed E-state index contributed by atoms with van der Waals surface area (Å²) in [7, 11) is 0. The number of aromatic nitrogens is 4. The zero-order chi connectivity index (χ0) is 26.6. The lowest BCUT2D eigenvalue weighted by Gasteiger charge is -2.20. The minimum Gasteiger partial charge on any atom is -0.484 e. The summed E-state index contributed by atoms with van der Waals surface area (Å²) in [6, 6.07) is 13.0. The number of aromatic amines is 1. The van der Waals surface area contributed by atoms with Crippen LogP contribution in [0, 0.1) is 0 Å². The molecule has 0 aliphatic carbocycles. The van der Waals surface area contributed by atoms with Crippen molar-refractivity contribution in [2.45, 2.75) is 32.5 Å². The highest BCUT2D eigenvalue weighted by Crippen LogP contribution is 2.31. The molecule has 0 aliphatic rings. The number of H-pyrrole nitrogens is 1. The molecule has 1 amide bonds. The molecule has 2 aromatic heterocycles. The molecule has 0 fully saturated rings. The molecular weight excluding hydrogens is 489 g/mol. The molecular formula is C25H25F3N6O3. The number of nitrogens with zero attached hydrogens (tertiary/aromatic N) is 3. The molecule has 2 aromatic carbocycles. The molecule has 37 heavy (non-hydrogen) atoms. The van der Waals surface area contributed by atoms with Gasteiger partial charge in [0.1, 0.15) is 23.1 Å². The Labute approximate surface area is 210 Å². The highest BCUT2D eigenvalue weighted by molar-refractivity contribution is 5.93. The number of rotatable bonds is 8. The maximum absolute atomic E-state index is 12.6. The Bertz CT molecular complexity index is 1380. The van der Waals surface area contributed by atoms with Crippen molar-refractivity contribution in [3.8, 4) is 22.9 Å². The van der Waals surface area contributed by atoms with Gasteiger partial charge in [-0.05, 0) is 51.1 Å². The van der Waals surface area contributed by atoms with Crippen LogP contribution >= 0.6 is 0 Å². The SMILES string of the molecule is CC(C)(C)NC(=O)COc1cccc(-c2nc(Nc3ccn[nH]3)c3cc(OCC(F)(F)F)ccc3n2)c1. The molecule has 4 rings (SSSR count). The number of carbonyl (C=O) groups is 1. The molecule has 0 aliphatic heterocycles. The first-order valence-corrected chi connectivity index (χ1v) is 11.3. The molecule has 194 valence electrons. The van der Waals surface area contributed by atoms with Gasteiger partial charge in [-0.1, -0.05) is 12.1 Å². The lowest BCUT2D eigenvalue weighted by molar-refractivity contribution is -0.153. The van der Waals surface area contributed by atoms with Crippen molar-refractivity contribution in [3.63, 3.8) is 0 Å². The van der Waals surface area contributed by atoms with Crippen molar-refractivity contribution < 1.29 is 27.4 Å². The number of fused-ring (bicyclic) bond motifs is 1. The third-order valence-electron chi connectivity index (χ3n) is 4.80. The van der Waals surface area contributed by atoms with E-state index >= 15 is 0 Å². The average molecular weight is 515 g/mol. The number of benzene rings is 2. The Hall–Kier alpha value is -4.35. The minimum atomic E-state index is -4.47. The molecule has 4 aromatic rings. The molecule has 2 heterocycles. The van der Waals surface area contributed by atoms with Crippen molar-refractivity contribution in [1.82, 2.24) is 25.5 Å². The second kappa shape index (κ2) is 10.3. The summed E-state index contributed by atoms with van der Waals surface area (Å²) in [6.45, 7) is 4.06. The average Bonchev–Trinajstić information content (AvgIpc) is 3.33. The quantitative estimate of drug-likeness (QED) is 0.303. The molecule has 0 spiro atoms. The Balaban J connectivity index is 1.64. The van der Waals surface area contributed by atoms with Crippen LogP contribution in [0.5, 0.6) is 11.5 Å². The van der Waals surface area contributed by atoms with Crippen LogP contribution in [-0.4, -0.2) is 51.0 Å². The number of hydrogen-bond donors (Lipinski definition) is 3. The lowest BCUT2D eigenvalue weighted by Crippen LogP contribution is -2.43. The molecule has 0 bridgehead atoms. The molecule has 0 saturated carbocycles. The predicted molar refractivity (Wildman–Crippen MR) is 132 cm³/mol. The van der Waals surface area contributed by atoms with E-state index in [9.17, 15) is 18.0 Å². The van der Waals surface area contributed by atoms with E-state index in [1.54, 1.807) is 42.6 Å². The van der Waals surface area contributed by atoms with Crippen molar-refractivity contribution in [3.05, 3.63) is 54.7 Å². The van der Waals surface area contributed by atoms with Crippen molar-refractivity contribution in [2.24, 2.45) is 0 Å². The number of carbonyl (C=O) groups excluding carboxylic acids is 1. The topological polar surface area (TPSA) is 114 Å². The zero-order valence-corrected chi connectivity index (χ0v) is 20.3. The van der Waals surface area contributed by atoms with Crippen LogP contribution in [0.15, 0.2) is 54.7 Å². The third-order valence-corrected chi connectivity index (χ3v) is 4.80. The summed E-state index contributed by atoms with van der Waals surface area (Å²) < 4.78 is 48.4. The van der Waals surface area contributed by atoms with E-state index in [1.807, 2.05) is 20.8 Å². The van der Waals surface area contributed by atoms with E-state index in [0.717, 1.165) is 0 Å². The maximum Gasteiger partial charge on any atom is 0.422 e. The van der Waals surface area contributed by atoms with E-state index in [2.05, 4.69) is 30.8 Å². The molecule has 3 N–H and O–H groups in total. The summed E-state index contributed by atoms with van der Waals surface area (Å²) in [5.41, 5.74) is 0.708. The fourth-order valence-electron chi connectivity index (χ4n) is 3.37. The summed E-state index contributed by atoms with van der Waals surface area (Å²) in [5, 5.41) is 13.0. The standard InChI is InChI=1S/C25H25F3N6O3/c1-24(2,3)33-21(35)13-36-16-6-4-5-15(11-16)22-30-19-8-7-17(37-14-25(26,27)28)12-18(19)23(32-22)31-20-9-10-29-34-20/h4-12H,13-14H2,1-3H3,(H,33,35)(H2,29,30,31,32,34). The molecule has 9 nitrogen and oxygen atoms in total. The van der Waals surface area contributed by atoms with E-state index in [4.69, 9.17) is 9.47 Å². The molecule has 12 heteroatoms. The normalized spacial score (nSPS) is 11.8. The number of nitrogens with one attached hydrogen (secondary N) is 3. The van der Waals surface area contributed by atoms with Gasteiger partial charge in [0.25, 0.3) is 5.91 Å². The summed E-state index contributed by atoms with van der Waals surface area (Å²) in [4.78, 5) is 21.3. The van der Waals surface area contributed by atoms with E-state index < -0.39 is 12.8 Å². The van der Waals surface area contributed by atoms with Crippen LogP contribution in [0.4, 0.5) is 24.8 Å². The molecule has 0 unspecified atom stereocenters.